The minimum absolute atomic E-state index is 0.0403. The fourth-order valence-electron chi connectivity index (χ4n) is 2.84. The average Bonchev–Trinajstić information content (AvgIpc) is 3.04. The van der Waals surface area contributed by atoms with Gasteiger partial charge in [-0.2, -0.15) is 0 Å². The summed E-state index contributed by atoms with van der Waals surface area (Å²) in [6.07, 6.45) is 3.22. The molecule has 134 valence electrons. The van der Waals surface area contributed by atoms with Gasteiger partial charge in [0.05, 0.1) is 21.4 Å². The second kappa shape index (κ2) is 6.81. The number of rotatable bonds is 2. The maximum atomic E-state index is 12.4. The van der Waals surface area contributed by atoms with Crippen molar-refractivity contribution >= 4 is 59.0 Å². The number of aromatic amines is 1. The van der Waals surface area contributed by atoms with E-state index in [1.165, 1.54) is 4.57 Å². The Labute approximate surface area is 168 Å². The van der Waals surface area contributed by atoms with Crippen molar-refractivity contribution < 1.29 is 5.11 Å². The van der Waals surface area contributed by atoms with Gasteiger partial charge in [0, 0.05) is 17.4 Å². The van der Waals surface area contributed by atoms with Crippen LogP contribution in [0.1, 0.15) is 11.1 Å². The van der Waals surface area contributed by atoms with Gasteiger partial charge in [0.1, 0.15) is 5.56 Å². The van der Waals surface area contributed by atoms with E-state index in [1.807, 2.05) is 24.3 Å². The Hall–Kier alpha value is -2.67. The molecule has 0 saturated carbocycles. The van der Waals surface area contributed by atoms with E-state index < -0.39 is 5.56 Å². The predicted molar refractivity (Wildman–Crippen MR) is 111 cm³/mol. The van der Waals surface area contributed by atoms with Crippen LogP contribution in [0.2, 0.25) is 10.0 Å². The number of nitrogens with one attached hydrogen (secondary N) is 1. The Bertz CT molecular complexity index is 1260. The zero-order valence-electron chi connectivity index (χ0n) is 13.6. The molecule has 2 aromatic carbocycles. The van der Waals surface area contributed by atoms with Gasteiger partial charge >= 0.3 is 0 Å². The van der Waals surface area contributed by atoms with Crippen LogP contribution < -0.4 is 5.56 Å². The number of aliphatic imine (C=N–C) groups is 1. The Balaban J connectivity index is 1.92. The molecule has 8 heteroatoms. The highest BCUT2D eigenvalue weighted by molar-refractivity contribution is 7.71. The molecule has 5 nitrogen and oxygen atoms in total. The molecule has 0 bridgehead atoms. The largest absolute Gasteiger partial charge is 0.494 e. The monoisotopic (exact) mass is 415 g/mol. The third-order valence-corrected chi connectivity index (χ3v) is 5.16. The van der Waals surface area contributed by atoms with Crippen molar-refractivity contribution in [1.82, 2.24) is 9.55 Å². The van der Waals surface area contributed by atoms with E-state index in [0.717, 1.165) is 11.3 Å². The van der Waals surface area contributed by atoms with Crippen molar-refractivity contribution in [3.63, 3.8) is 0 Å². The van der Waals surface area contributed by atoms with Crippen LogP contribution in [0.4, 0.5) is 5.69 Å². The maximum Gasteiger partial charge on any atom is 0.262 e. The van der Waals surface area contributed by atoms with Crippen molar-refractivity contribution in [2.24, 2.45) is 4.99 Å². The SMILES string of the molecule is O=c1[nH]c(=S)n(-c2ccc(Cl)c(Cl)c2)c(O)c1/C=C1/C=Nc2ccccc21. The topological polar surface area (TPSA) is 70.4 Å². The highest BCUT2D eigenvalue weighted by Crippen LogP contribution is 2.33. The molecule has 1 aromatic heterocycles. The lowest BCUT2D eigenvalue weighted by atomic mass is 10.1. The van der Waals surface area contributed by atoms with Gasteiger partial charge in [-0.1, -0.05) is 41.4 Å². The molecule has 0 spiro atoms. The summed E-state index contributed by atoms with van der Waals surface area (Å²) in [6.45, 7) is 0. The molecule has 1 aliphatic heterocycles. The summed E-state index contributed by atoms with van der Waals surface area (Å²) >= 11 is 17.2. The van der Waals surface area contributed by atoms with Crippen molar-refractivity contribution in [3.05, 3.63) is 78.8 Å². The number of fused-ring (bicyclic) bond motifs is 1. The number of para-hydroxylation sites is 1. The molecule has 0 saturated heterocycles. The number of nitrogens with zero attached hydrogens (tertiary/aromatic N) is 2. The van der Waals surface area contributed by atoms with Crippen LogP contribution in [0.25, 0.3) is 17.3 Å². The summed E-state index contributed by atoms with van der Waals surface area (Å²) in [5.41, 5.74) is 2.43. The third kappa shape index (κ3) is 3.12. The van der Waals surface area contributed by atoms with Crippen LogP contribution in [0.3, 0.4) is 0 Å². The second-order valence-corrected chi connectivity index (χ2v) is 7.01. The Kier molecular flexibility index (Phi) is 4.47. The van der Waals surface area contributed by atoms with Crippen LogP contribution in [-0.2, 0) is 0 Å². The van der Waals surface area contributed by atoms with E-state index in [1.54, 1.807) is 30.5 Å². The Morgan fingerprint density at radius 3 is 2.70 bits per heavy atom. The zero-order chi connectivity index (χ0) is 19.1. The quantitative estimate of drug-likeness (QED) is 0.567. The number of hydrogen-bond donors (Lipinski definition) is 2. The molecule has 3 aromatic rings. The predicted octanol–water partition coefficient (Wildman–Crippen LogP) is 5.16. The summed E-state index contributed by atoms with van der Waals surface area (Å²) in [7, 11) is 0. The van der Waals surface area contributed by atoms with E-state index >= 15 is 0 Å². The number of benzene rings is 2. The normalized spacial score (nSPS) is 13.9. The number of H-pyrrole nitrogens is 1. The van der Waals surface area contributed by atoms with E-state index in [-0.39, 0.29) is 16.2 Å². The molecule has 27 heavy (non-hydrogen) atoms. The van der Waals surface area contributed by atoms with Crippen molar-refractivity contribution in [2.45, 2.75) is 0 Å². The van der Waals surface area contributed by atoms with Crippen molar-refractivity contribution in [2.75, 3.05) is 0 Å². The standard InChI is InChI=1S/C19H11Cl2N3O2S/c20-14-6-5-11(8-15(14)21)24-18(26)13(17(25)23-19(24)27)7-10-9-22-16-4-2-1-3-12(10)16/h1-9,26H,(H,23,25,27)/b10-7-. The number of aromatic hydroxyl groups is 1. The number of aromatic nitrogens is 2. The van der Waals surface area contributed by atoms with Crippen LogP contribution in [0.15, 0.2) is 52.3 Å². The summed E-state index contributed by atoms with van der Waals surface area (Å²) < 4.78 is 1.36. The molecular weight excluding hydrogens is 405 g/mol. The average molecular weight is 416 g/mol. The van der Waals surface area contributed by atoms with Crippen LogP contribution >= 0.6 is 35.4 Å². The number of allylic oxidation sites excluding steroid dienone is 1. The molecule has 0 unspecified atom stereocenters. The number of hydrogen-bond acceptors (Lipinski definition) is 4. The summed E-state index contributed by atoms with van der Waals surface area (Å²) in [6, 6.07) is 12.3. The summed E-state index contributed by atoms with van der Waals surface area (Å²) in [4.78, 5) is 19.3. The smallest absolute Gasteiger partial charge is 0.262 e. The van der Waals surface area contributed by atoms with Crippen LogP contribution in [-0.4, -0.2) is 20.9 Å². The summed E-state index contributed by atoms with van der Waals surface area (Å²) in [5.74, 6) is -0.299. The molecule has 1 aliphatic rings. The molecule has 0 aliphatic carbocycles. The lowest BCUT2D eigenvalue weighted by molar-refractivity contribution is 0.432. The first-order chi connectivity index (χ1) is 13.0. The molecule has 2 N–H and O–H groups in total. The third-order valence-electron chi connectivity index (χ3n) is 4.14. The Morgan fingerprint density at radius 2 is 1.93 bits per heavy atom. The van der Waals surface area contributed by atoms with Gasteiger partial charge < -0.3 is 5.11 Å². The lowest BCUT2D eigenvalue weighted by Crippen LogP contribution is -2.16. The molecule has 0 amide bonds. The lowest BCUT2D eigenvalue weighted by Gasteiger charge is -2.12. The molecule has 2 heterocycles. The first-order valence-corrected chi connectivity index (χ1v) is 9.01. The molecule has 0 atom stereocenters. The minimum Gasteiger partial charge on any atom is -0.494 e. The van der Waals surface area contributed by atoms with Crippen LogP contribution in [0.5, 0.6) is 5.88 Å². The second-order valence-electron chi connectivity index (χ2n) is 5.81. The highest BCUT2D eigenvalue weighted by Gasteiger charge is 2.17. The highest BCUT2D eigenvalue weighted by atomic mass is 35.5. The van der Waals surface area contributed by atoms with E-state index in [2.05, 4.69) is 9.98 Å². The molecule has 0 radical (unpaired) electrons. The van der Waals surface area contributed by atoms with Gasteiger partial charge in [-0.05, 0) is 42.6 Å². The first kappa shape index (κ1) is 17.7. The molecular formula is C19H11Cl2N3O2S. The van der Waals surface area contributed by atoms with Crippen molar-refractivity contribution in [1.29, 1.82) is 0 Å². The van der Waals surface area contributed by atoms with Gasteiger partial charge in [-0.3, -0.25) is 19.3 Å². The van der Waals surface area contributed by atoms with Gasteiger partial charge in [0.25, 0.3) is 5.56 Å². The summed E-state index contributed by atoms with van der Waals surface area (Å²) in [5, 5.41) is 11.5. The molecule has 0 fully saturated rings. The van der Waals surface area contributed by atoms with E-state index in [0.29, 0.717) is 21.3 Å². The van der Waals surface area contributed by atoms with E-state index in [9.17, 15) is 9.90 Å². The Morgan fingerprint density at radius 1 is 1.15 bits per heavy atom. The molecule has 4 rings (SSSR count). The minimum atomic E-state index is -0.501. The van der Waals surface area contributed by atoms with Crippen molar-refractivity contribution in [3.8, 4) is 11.6 Å². The fraction of sp³-hybridized carbons (Fsp3) is 0. The zero-order valence-corrected chi connectivity index (χ0v) is 15.9. The van der Waals surface area contributed by atoms with E-state index in [4.69, 9.17) is 35.4 Å². The van der Waals surface area contributed by atoms with Gasteiger partial charge in [-0.15, -0.1) is 0 Å². The number of halogens is 2. The maximum absolute atomic E-state index is 12.4. The first-order valence-electron chi connectivity index (χ1n) is 7.84. The van der Waals surface area contributed by atoms with Crippen LogP contribution in [0, 0.1) is 4.77 Å². The van der Waals surface area contributed by atoms with Gasteiger partial charge in [0.2, 0.25) is 5.88 Å². The fourth-order valence-corrected chi connectivity index (χ4v) is 3.42. The van der Waals surface area contributed by atoms with Gasteiger partial charge in [0.15, 0.2) is 4.77 Å². The van der Waals surface area contributed by atoms with Gasteiger partial charge in [-0.25, -0.2) is 0 Å².